The number of nitrogens with two attached hydrogens (primary N) is 1. The minimum atomic E-state index is -1.20. The Morgan fingerprint density at radius 1 is 1.03 bits per heavy atom. The van der Waals surface area contributed by atoms with Gasteiger partial charge in [-0.05, 0) is 50.2 Å². The molecule has 0 amide bonds. The quantitative estimate of drug-likeness (QED) is 0.362. The van der Waals surface area contributed by atoms with Gasteiger partial charge < -0.3 is 25.6 Å². The maximum atomic E-state index is 13.5. The van der Waals surface area contributed by atoms with Gasteiger partial charge >= 0.3 is 0 Å². The van der Waals surface area contributed by atoms with Crippen molar-refractivity contribution in [3.8, 4) is 17.2 Å². The van der Waals surface area contributed by atoms with Crippen molar-refractivity contribution in [3.63, 3.8) is 0 Å². The molecule has 8 heteroatoms. The molecule has 0 aliphatic rings. The van der Waals surface area contributed by atoms with E-state index in [0.717, 1.165) is 0 Å². The van der Waals surface area contributed by atoms with Gasteiger partial charge in [0.15, 0.2) is 0 Å². The van der Waals surface area contributed by atoms with Gasteiger partial charge in [0.05, 0.1) is 23.9 Å². The molecule has 0 atom stereocenters. The summed E-state index contributed by atoms with van der Waals surface area (Å²) in [6.07, 6.45) is 1.44. The number of benzene rings is 3. The first kappa shape index (κ1) is 21.3. The lowest BCUT2D eigenvalue weighted by molar-refractivity contribution is 0.0791. The molecule has 0 aliphatic carbocycles. The zero-order valence-corrected chi connectivity index (χ0v) is 17.9. The summed E-state index contributed by atoms with van der Waals surface area (Å²) >= 11 is 0. The fourth-order valence-corrected chi connectivity index (χ4v) is 3.37. The molecule has 0 spiro atoms. The Bertz CT molecular complexity index is 1290. The van der Waals surface area contributed by atoms with Gasteiger partial charge in [-0.15, -0.1) is 0 Å². The second-order valence-corrected chi connectivity index (χ2v) is 7.78. The molecular formula is C24H23FN4O3. The fraction of sp³-hybridized carbons (Fsp3) is 0.167. The number of halogens is 1. The summed E-state index contributed by atoms with van der Waals surface area (Å²) in [5.74, 6) is 1.47. The Kier molecular flexibility index (Phi) is 5.54. The zero-order valence-electron chi connectivity index (χ0n) is 17.9. The second-order valence-electron chi connectivity index (χ2n) is 7.78. The number of rotatable bonds is 6. The molecule has 7 nitrogen and oxygen atoms in total. The maximum Gasteiger partial charge on any atom is 0.143 e. The standard InChI is InChI=1S/C24H23FN4O3/c1-24(2,30)18-10-16(32-15-6-4-5-14(25)9-15)7-8-20(18)29-23-17-11-19(26)22(31-3)12-21(17)27-13-28-23/h4-13,30H,26H2,1-3H3,(H,27,28,29). The van der Waals surface area contributed by atoms with Crippen molar-refractivity contribution in [3.05, 3.63) is 72.3 Å². The predicted molar refractivity (Wildman–Crippen MR) is 122 cm³/mol. The molecular weight excluding hydrogens is 411 g/mol. The average Bonchev–Trinajstić information content (AvgIpc) is 2.74. The molecule has 1 heterocycles. The van der Waals surface area contributed by atoms with Crippen LogP contribution in [0.25, 0.3) is 10.9 Å². The van der Waals surface area contributed by atoms with Crippen molar-refractivity contribution in [1.82, 2.24) is 9.97 Å². The van der Waals surface area contributed by atoms with Gasteiger partial charge in [-0.1, -0.05) is 6.07 Å². The van der Waals surface area contributed by atoms with Crippen molar-refractivity contribution < 1.29 is 19.0 Å². The van der Waals surface area contributed by atoms with Gasteiger partial charge in [0, 0.05) is 28.8 Å². The Hall–Kier alpha value is -3.91. The second kappa shape index (κ2) is 8.32. The van der Waals surface area contributed by atoms with Gasteiger partial charge in [0.2, 0.25) is 0 Å². The lowest BCUT2D eigenvalue weighted by atomic mass is 9.96. The number of anilines is 3. The van der Waals surface area contributed by atoms with Crippen LogP contribution < -0.4 is 20.5 Å². The van der Waals surface area contributed by atoms with Gasteiger partial charge in [-0.2, -0.15) is 0 Å². The van der Waals surface area contributed by atoms with E-state index in [4.69, 9.17) is 15.2 Å². The molecule has 1 aromatic heterocycles. The highest BCUT2D eigenvalue weighted by molar-refractivity contribution is 5.94. The number of ether oxygens (including phenoxy) is 2. The molecule has 0 aliphatic heterocycles. The highest BCUT2D eigenvalue weighted by Gasteiger charge is 2.22. The molecule has 32 heavy (non-hydrogen) atoms. The van der Waals surface area contributed by atoms with Crippen LogP contribution in [-0.2, 0) is 5.60 Å². The first-order chi connectivity index (χ1) is 15.2. The van der Waals surface area contributed by atoms with E-state index in [1.807, 2.05) is 0 Å². The molecule has 4 N–H and O–H groups in total. The molecule has 3 aromatic carbocycles. The summed E-state index contributed by atoms with van der Waals surface area (Å²) < 4.78 is 24.5. The molecule has 4 aromatic rings. The molecule has 4 rings (SSSR count). The van der Waals surface area contributed by atoms with Crippen LogP contribution >= 0.6 is 0 Å². The van der Waals surface area contributed by atoms with Crippen molar-refractivity contribution in [2.24, 2.45) is 0 Å². The van der Waals surface area contributed by atoms with Gasteiger partial charge in [-0.3, -0.25) is 0 Å². The van der Waals surface area contributed by atoms with E-state index in [1.54, 1.807) is 63.4 Å². The lowest BCUT2D eigenvalue weighted by Crippen LogP contribution is -2.17. The van der Waals surface area contributed by atoms with Crippen molar-refractivity contribution >= 4 is 28.1 Å². The Labute approximate surface area is 184 Å². The largest absolute Gasteiger partial charge is 0.495 e. The van der Waals surface area contributed by atoms with Crippen molar-refractivity contribution in [2.45, 2.75) is 19.4 Å². The van der Waals surface area contributed by atoms with Gasteiger partial charge in [0.1, 0.15) is 35.2 Å². The molecule has 164 valence electrons. The summed E-state index contributed by atoms with van der Waals surface area (Å²) in [5, 5.41) is 14.7. The SMILES string of the molecule is COc1cc2ncnc(Nc3ccc(Oc4cccc(F)c4)cc3C(C)(C)O)c2cc1N. The number of nitrogen functional groups attached to an aromatic ring is 1. The highest BCUT2D eigenvalue weighted by Crippen LogP contribution is 2.36. The van der Waals surface area contributed by atoms with Gasteiger partial charge in [0.25, 0.3) is 0 Å². The maximum absolute atomic E-state index is 13.5. The topological polar surface area (TPSA) is 103 Å². The Morgan fingerprint density at radius 3 is 2.53 bits per heavy atom. The first-order valence-corrected chi connectivity index (χ1v) is 9.90. The summed E-state index contributed by atoms with van der Waals surface area (Å²) in [6.45, 7) is 3.33. The fourth-order valence-electron chi connectivity index (χ4n) is 3.37. The summed E-state index contributed by atoms with van der Waals surface area (Å²) in [7, 11) is 1.54. The molecule has 0 saturated carbocycles. The molecule has 0 unspecified atom stereocenters. The summed E-state index contributed by atoms with van der Waals surface area (Å²) in [4.78, 5) is 8.63. The van der Waals surface area contributed by atoms with Crippen LogP contribution in [0.5, 0.6) is 17.2 Å². The number of fused-ring (bicyclic) bond motifs is 1. The van der Waals surface area contributed by atoms with Crippen LogP contribution in [0.15, 0.2) is 60.9 Å². The highest BCUT2D eigenvalue weighted by atomic mass is 19.1. The number of nitrogens with zero attached hydrogens (tertiary/aromatic N) is 2. The zero-order chi connectivity index (χ0) is 22.9. The minimum Gasteiger partial charge on any atom is -0.495 e. The van der Waals surface area contributed by atoms with E-state index in [2.05, 4.69) is 15.3 Å². The van der Waals surface area contributed by atoms with E-state index in [1.165, 1.54) is 18.5 Å². The number of nitrogens with one attached hydrogen (secondary N) is 1. The number of aliphatic hydroxyl groups is 1. The summed E-state index contributed by atoms with van der Waals surface area (Å²) in [5.41, 5.74) is 7.18. The number of methoxy groups -OCH3 is 1. The molecule has 0 saturated heterocycles. The Balaban J connectivity index is 1.73. The first-order valence-electron chi connectivity index (χ1n) is 9.90. The number of hydrogen-bond acceptors (Lipinski definition) is 7. The molecule has 0 fully saturated rings. The predicted octanol–water partition coefficient (Wildman–Crippen LogP) is 5.12. The molecule has 0 radical (unpaired) electrons. The van der Waals surface area contributed by atoms with E-state index in [0.29, 0.717) is 50.9 Å². The van der Waals surface area contributed by atoms with Crippen LogP contribution in [0, 0.1) is 5.82 Å². The van der Waals surface area contributed by atoms with E-state index >= 15 is 0 Å². The number of hydrogen-bond donors (Lipinski definition) is 3. The van der Waals surface area contributed by atoms with E-state index in [-0.39, 0.29) is 0 Å². The average molecular weight is 434 g/mol. The van der Waals surface area contributed by atoms with E-state index in [9.17, 15) is 9.50 Å². The minimum absolute atomic E-state index is 0.360. The van der Waals surface area contributed by atoms with Crippen LogP contribution in [0.2, 0.25) is 0 Å². The number of aromatic nitrogens is 2. The Morgan fingerprint density at radius 2 is 1.81 bits per heavy atom. The normalized spacial score (nSPS) is 11.4. The van der Waals surface area contributed by atoms with Crippen molar-refractivity contribution in [1.29, 1.82) is 0 Å². The van der Waals surface area contributed by atoms with Crippen LogP contribution in [0.3, 0.4) is 0 Å². The van der Waals surface area contributed by atoms with Crippen LogP contribution in [-0.4, -0.2) is 22.2 Å². The summed E-state index contributed by atoms with van der Waals surface area (Å²) in [6, 6.07) is 14.5. The molecule has 0 bridgehead atoms. The van der Waals surface area contributed by atoms with Crippen molar-refractivity contribution in [2.75, 3.05) is 18.2 Å². The third kappa shape index (κ3) is 4.40. The smallest absolute Gasteiger partial charge is 0.143 e. The third-order valence-electron chi connectivity index (χ3n) is 4.92. The third-order valence-corrected chi connectivity index (χ3v) is 4.92. The van der Waals surface area contributed by atoms with E-state index < -0.39 is 11.4 Å². The lowest BCUT2D eigenvalue weighted by Gasteiger charge is -2.23. The monoisotopic (exact) mass is 434 g/mol. The van der Waals surface area contributed by atoms with Crippen LogP contribution in [0.4, 0.5) is 21.6 Å². The van der Waals surface area contributed by atoms with Gasteiger partial charge in [-0.25, -0.2) is 14.4 Å². The van der Waals surface area contributed by atoms with Crippen LogP contribution in [0.1, 0.15) is 19.4 Å².